The summed E-state index contributed by atoms with van der Waals surface area (Å²) < 4.78 is 18.8. The van der Waals surface area contributed by atoms with Crippen molar-refractivity contribution in [3.05, 3.63) is 72.8 Å². The summed E-state index contributed by atoms with van der Waals surface area (Å²) in [6, 6.07) is 21.1. The van der Waals surface area contributed by atoms with Gasteiger partial charge in [0, 0.05) is 13.2 Å². The van der Waals surface area contributed by atoms with E-state index in [9.17, 15) is 4.79 Å². The van der Waals surface area contributed by atoms with Crippen molar-refractivity contribution in [3.8, 4) is 0 Å². The average Bonchev–Trinajstić information content (AvgIpc) is 2.95. The minimum atomic E-state index is -2.69. The fraction of sp³-hybridized carbons (Fsp3) is 0.464. The number of carbonyl (C=O) groups is 1. The summed E-state index contributed by atoms with van der Waals surface area (Å²) >= 11 is 0. The van der Waals surface area contributed by atoms with Gasteiger partial charge in [-0.25, -0.2) is 4.79 Å². The van der Waals surface area contributed by atoms with Gasteiger partial charge in [-0.2, -0.15) is 10.4 Å². The van der Waals surface area contributed by atoms with E-state index in [1.54, 1.807) is 4.90 Å². The molecule has 2 aromatic rings. The maximum atomic E-state index is 12.8. The molecule has 1 aliphatic rings. The topological polar surface area (TPSA) is 48.0 Å². The van der Waals surface area contributed by atoms with E-state index in [1.807, 2.05) is 32.9 Å². The molecule has 34 heavy (non-hydrogen) atoms. The van der Waals surface area contributed by atoms with Crippen molar-refractivity contribution >= 4 is 24.8 Å². The Bertz CT molecular complexity index is 924. The largest absolute Gasteiger partial charge is 0.556 e. The van der Waals surface area contributed by atoms with Gasteiger partial charge in [0.2, 0.25) is 0 Å². The van der Waals surface area contributed by atoms with E-state index in [0.717, 1.165) is 5.57 Å². The maximum Gasteiger partial charge on any atom is 0.410 e. The Hall–Kier alpha value is -2.41. The van der Waals surface area contributed by atoms with Gasteiger partial charge in [0.1, 0.15) is 5.60 Å². The minimum Gasteiger partial charge on any atom is -0.556 e. The molecule has 2 aromatic carbocycles. The first-order valence-corrected chi connectivity index (χ1v) is 13.8. The Kier molecular flexibility index (Phi) is 8.06. The van der Waals surface area contributed by atoms with Crippen molar-refractivity contribution in [2.45, 2.75) is 58.3 Å². The van der Waals surface area contributed by atoms with Crippen LogP contribution in [0.15, 0.2) is 72.8 Å². The molecular formula is C28H39NO4Si-. The number of hydrogen-bond acceptors (Lipinski definition) is 4. The average molecular weight is 482 g/mol. The molecule has 1 heterocycles. The van der Waals surface area contributed by atoms with Crippen molar-refractivity contribution < 1.29 is 18.7 Å². The van der Waals surface area contributed by atoms with Gasteiger partial charge in [-0.15, -0.1) is 5.04 Å². The molecule has 185 valence electrons. The van der Waals surface area contributed by atoms with Gasteiger partial charge >= 0.3 is 6.09 Å². The molecule has 0 radical (unpaired) electrons. The third-order valence-electron chi connectivity index (χ3n) is 5.92. The second kappa shape index (κ2) is 10.5. The molecule has 0 aliphatic carbocycles. The highest BCUT2D eigenvalue weighted by Crippen LogP contribution is 2.37. The molecule has 1 fully saturated rings. The number of rotatable bonds is 5. The summed E-state index contributed by atoms with van der Waals surface area (Å²) in [5, 5.41) is 2.31. The van der Waals surface area contributed by atoms with Crippen LogP contribution >= 0.6 is 0 Å². The van der Waals surface area contributed by atoms with Gasteiger partial charge in [-0.1, -0.05) is 88.0 Å². The summed E-state index contributed by atoms with van der Waals surface area (Å²) in [5.74, 6) is 0. The van der Waals surface area contributed by atoms with Gasteiger partial charge < -0.3 is 18.8 Å². The van der Waals surface area contributed by atoms with Crippen LogP contribution in [0.3, 0.4) is 0 Å². The number of amides is 1. The maximum absolute atomic E-state index is 12.8. The van der Waals surface area contributed by atoms with Crippen LogP contribution in [-0.4, -0.2) is 57.3 Å². The van der Waals surface area contributed by atoms with Gasteiger partial charge in [0.25, 0.3) is 0 Å². The van der Waals surface area contributed by atoms with Crippen LogP contribution in [0.5, 0.6) is 0 Å². The molecule has 1 atom stereocenters. The number of hydrogen-bond donors (Lipinski definition) is 0. The fourth-order valence-electron chi connectivity index (χ4n) is 4.46. The lowest BCUT2D eigenvalue weighted by molar-refractivity contribution is 0.00252. The Morgan fingerprint density at radius 1 is 1.00 bits per heavy atom. The van der Waals surface area contributed by atoms with Gasteiger partial charge in [0.05, 0.1) is 27.6 Å². The lowest BCUT2D eigenvalue weighted by atomic mass is 10.2. The van der Waals surface area contributed by atoms with Crippen molar-refractivity contribution in [3.63, 3.8) is 0 Å². The quantitative estimate of drug-likeness (QED) is 0.457. The Morgan fingerprint density at radius 2 is 1.53 bits per heavy atom. The van der Waals surface area contributed by atoms with E-state index >= 15 is 0 Å². The summed E-state index contributed by atoms with van der Waals surface area (Å²) in [5.41, 5.74) is 0.283. The number of nitrogens with zero attached hydrogens (tertiary/aromatic N) is 1. The Labute approximate surface area is 205 Å². The van der Waals surface area contributed by atoms with Crippen molar-refractivity contribution in [2.24, 2.45) is 0 Å². The van der Waals surface area contributed by atoms with Gasteiger partial charge in [0.15, 0.2) is 0 Å². The van der Waals surface area contributed by atoms with E-state index in [1.165, 1.54) is 10.4 Å². The number of carbonyl (C=O) groups excluding carboxylic acids is 1. The predicted octanol–water partition coefficient (Wildman–Crippen LogP) is 4.76. The van der Waals surface area contributed by atoms with Crippen molar-refractivity contribution in [1.82, 2.24) is 4.90 Å². The molecule has 0 aromatic heterocycles. The minimum absolute atomic E-state index is 0.130. The first-order valence-electron chi connectivity index (χ1n) is 11.9. The first-order chi connectivity index (χ1) is 15.9. The van der Waals surface area contributed by atoms with Crippen molar-refractivity contribution in [1.29, 1.82) is 0 Å². The highest BCUT2D eigenvalue weighted by Gasteiger charge is 2.38. The zero-order valence-electron chi connectivity index (χ0n) is 21.5. The van der Waals surface area contributed by atoms with Crippen LogP contribution in [0, 0.1) is 0 Å². The van der Waals surface area contributed by atoms with Gasteiger partial charge in [-0.05, 0) is 26.3 Å². The molecule has 0 spiro atoms. The summed E-state index contributed by atoms with van der Waals surface area (Å²) in [6.45, 7) is 18.0. The normalized spacial score (nSPS) is 17.9. The van der Waals surface area contributed by atoms with Gasteiger partial charge in [-0.3, -0.25) is 0 Å². The Morgan fingerprint density at radius 3 is 2.00 bits per heavy atom. The lowest BCUT2D eigenvalue weighted by Gasteiger charge is -2.56. The second-order valence-corrected chi connectivity index (χ2v) is 15.3. The molecule has 0 N–H and O–H groups in total. The van der Waals surface area contributed by atoms with Crippen LogP contribution in [0.2, 0.25) is 5.04 Å². The van der Waals surface area contributed by atoms with Crippen LogP contribution in [0.4, 0.5) is 4.79 Å². The third kappa shape index (κ3) is 6.17. The van der Waals surface area contributed by atoms with Crippen LogP contribution in [0.25, 0.3) is 0 Å². The highest BCUT2D eigenvalue weighted by atomic mass is 28.4. The molecule has 0 saturated carbocycles. The number of ether oxygens (including phenoxy) is 2. The van der Waals surface area contributed by atoms with E-state index in [4.69, 9.17) is 13.9 Å². The number of benzene rings is 2. The third-order valence-corrected chi connectivity index (χ3v) is 10.9. The fourth-order valence-corrected chi connectivity index (χ4v) is 9.05. The summed E-state index contributed by atoms with van der Waals surface area (Å²) in [6.07, 6.45) is -0.636. The standard InChI is InChI=1S/C28H39NO4Si/c1-22-18-29(26(30)33-27(2,3)4)19-23(31-20-22)21-32-34(28(5,6)7,24-14-10-8-11-15-24)25-16-12-9-13-17-25/h8-17,23H,1,18-21H2,2-7H3/q-1. The SMILES string of the molecule is C=C1COC(CO[Si-](c2ccccc2)(c2ccccc2)C(C)(C)C)CN(C(=O)OC(C)(C)C)C1. The van der Waals surface area contributed by atoms with Crippen molar-refractivity contribution in [2.75, 3.05) is 26.3 Å². The zero-order chi connectivity index (χ0) is 25.0. The molecule has 6 heteroatoms. The monoisotopic (exact) mass is 481 g/mol. The predicted molar refractivity (Wildman–Crippen MR) is 140 cm³/mol. The second-order valence-electron chi connectivity index (χ2n) is 11.0. The molecule has 3 rings (SSSR count). The van der Waals surface area contributed by atoms with Crippen LogP contribution in [0.1, 0.15) is 41.5 Å². The molecule has 1 aliphatic heterocycles. The summed E-state index contributed by atoms with van der Waals surface area (Å²) in [4.78, 5) is 14.5. The lowest BCUT2D eigenvalue weighted by Crippen LogP contribution is -2.67. The summed E-state index contributed by atoms with van der Waals surface area (Å²) in [7, 11) is -2.69. The van der Waals surface area contributed by atoms with E-state index in [2.05, 4.69) is 75.9 Å². The Balaban J connectivity index is 1.91. The molecule has 1 unspecified atom stereocenters. The molecule has 0 bridgehead atoms. The molecular weight excluding hydrogens is 442 g/mol. The zero-order valence-corrected chi connectivity index (χ0v) is 22.5. The molecule has 1 amide bonds. The molecule has 5 nitrogen and oxygen atoms in total. The van der Waals surface area contributed by atoms with Crippen LogP contribution in [-0.2, 0) is 13.9 Å². The first kappa shape index (κ1) is 26.2. The van der Waals surface area contributed by atoms with Crippen LogP contribution < -0.4 is 10.4 Å². The van der Waals surface area contributed by atoms with E-state index in [-0.39, 0.29) is 17.2 Å². The van der Waals surface area contributed by atoms with E-state index < -0.39 is 13.9 Å². The highest BCUT2D eigenvalue weighted by molar-refractivity contribution is 6.99. The smallest absolute Gasteiger partial charge is 0.410 e. The van der Waals surface area contributed by atoms with E-state index in [0.29, 0.717) is 26.3 Å². The molecule has 1 saturated heterocycles.